The first-order chi connectivity index (χ1) is 16.3. The van der Waals surface area contributed by atoms with Crippen LogP contribution in [0.3, 0.4) is 0 Å². The molecule has 1 aromatic carbocycles. The predicted molar refractivity (Wildman–Crippen MR) is 125 cm³/mol. The fourth-order valence-electron chi connectivity index (χ4n) is 4.92. The third kappa shape index (κ3) is 5.58. The molecule has 1 N–H and O–H groups in total. The lowest BCUT2D eigenvalue weighted by atomic mass is 9.74. The molecule has 0 spiro atoms. The molecule has 0 saturated carbocycles. The summed E-state index contributed by atoms with van der Waals surface area (Å²) in [5.74, 6) is -0.854. The second kappa shape index (κ2) is 11.5. The average molecular weight is 474 g/mol. The number of rotatable bonds is 9. The molecule has 9 nitrogen and oxygen atoms in total. The molecular formula is C25H35N3O6. The lowest BCUT2D eigenvalue weighted by molar-refractivity contribution is -0.141. The summed E-state index contributed by atoms with van der Waals surface area (Å²) in [5, 5.41) is 3.03. The number of imide groups is 1. The molecule has 2 aliphatic heterocycles. The minimum atomic E-state index is -1.22. The van der Waals surface area contributed by atoms with E-state index in [9.17, 15) is 19.2 Å². The van der Waals surface area contributed by atoms with Crippen molar-refractivity contribution in [2.24, 2.45) is 0 Å². The molecule has 34 heavy (non-hydrogen) atoms. The van der Waals surface area contributed by atoms with Gasteiger partial charge in [0.05, 0.1) is 12.0 Å². The third-order valence-corrected chi connectivity index (χ3v) is 6.65. The summed E-state index contributed by atoms with van der Waals surface area (Å²) in [5.41, 5.74) is 0.374. The smallest absolute Gasteiger partial charge is 0.409 e. The highest BCUT2D eigenvalue weighted by molar-refractivity contribution is 6.11. The molecule has 1 atom stereocenters. The van der Waals surface area contributed by atoms with Crippen LogP contribution in [0.1, 0.15) is 50.2 Å². The lowest BCUT2D eigenvalue weighted by Crippen LogP contribution is -2.49. The number of carbonyl (C=O) groups is 4. The summed E-state index contributed by atoms with van der Waals surface area (Å²) in [6.45, 7) is 5.70. The number of nitrogens with one attached hydrogen (secondary N) is 1. The van der Waals surface area contributed by atoms with Crippen LogP contribution in [0.5, 0.6) is 0 Å². The van der Waals surface area contributed by atoms with Crippen molar-refractivity contribution in [2.75, 3.05) is 40.0 Å². The van der Waals surface area contributed by atoms with Gasteiger partial charge in [-0.1, -0.05) is 24.3 Å². The Labute approximate surface area is 200 Å². The first kappa shape index (κ1) is 25.7. The molecule has 0 bridgehead atoms. The Morgan fingerprint density at radius 1 is 1.18 bits per heavy atom. The Hall–Kier alpha value is -2.94. The van der Waals surface area contributed by atoms with Gasteiger partial charge in [-0.2, -0.15) is 0 Å². The number of ether oxygens (including phenoxy) is 2. The number of benzene rings is 1. The number of hydrogen-bond acceptors (Lipinski definition) is 6. The summed E-state index contributed by atoms with van der Waals surface area (Å²) in [6.07, 6.45) is 1.30. The van der Waals surface area contributed by atoms with Crippen LogP contribution < -0.4 is 5.32 Å². The van der Waals surface area contributed by atoms with E-state index in [-0.39, 0.29) is 49.2 Å². The number of amides is 4. The zero-order valence-corrected chi connectivity index (χ0v) is 20.3. The first-order valence-corrected chi connectivity index (χ1v) is 11.9. The number of methoxy groups -OCH3 is 1. The normalized spacial score (nSPS) is 21.1. The molecule has 186 valence electrons. The van der Waals surface area contributed by atoms with E-state index in [2.05, 4.69) is 5.32 Å². The van der Waals surface area contributed by atoms with Crippen molar-refractivity contribution in [3.63, 3.8) is 0 Å². The van der Waals surface area contributed by atoms with Gasteiger partial charge in [-0.25, -0.2) is 4.79 Å². The molecule has 2 fully saturated rings. The van der Waals surface area contributed by atoms with Gasteiger partial charge in [-0.05, 0) is 44.2 Å². The molecule has 3 rings (SSSR count). The Balaban J connectivity index is 1.73. The van der Waals surface area contributed by atoms with Crippen LogP contribution in [0.2, 0.25) is 0 Å². The molecule has 0 aliphatic carbocycles. The van der Waals surface area contributed by atoms with Gasteiger partial charge in [0.2, 0.25) is 17.7 Å². The molecule has 0 radical (unpaired) electrons. The maximum absolute atomic E-state index is 13.6. The molecular weight excluding hydrogens is 438 g/mol. The Kier molecular flexibility index (Phi) is 8.66. The topological polar surface area (TPSA) is 105 Å². The van der Waals surface area contributed by atoms with E-state index in [0.717, 1.165) is 11.1 Å². The summed E-state index contributed by atoms with van der Waals surface area (Å²) < 4.78 is 10.1. The maximum atomic E-state index is 13.6. The van der Waals surface area contributed by atoms with Crippen molar-refractivity contribution in [1.82, 2.24) is 15.1 Å². The van der Waals surface area contributed by atoms with Gasteiger partial charge in [0, 0.05) is 52.2 Å². The van der Waals surface area contributed by atoms with E-state index in [0.29, 0.717) is 45.6 Å². The highest BCUT2D eigenvalue weighted by Crippen LogP contribution is 2.41. The van der Waals surface area contributed by atoms with Crippen molar-refractivity contribution in [3.8, 4) is 0 Å². The van der Waals surface area contributed by atoms with Gasteiger partial charge in [0.25, 0.3) is 0 Å². The van der Waals surface area contributed by atoms with Gasteiger partial charge in [0.1, 0.15) is 0 Å². The zero-order chi connectivity index (χ0) is 24.7. The Morgan fingerprint density at radius 3 is 2.53 bits per heavy atom. The summed E-state index contributed by atoms with van der Waals surface area (Å²) in [7, 11) is 1.58. The van der Waals surface area contributed by atoms with Crippen LogP contribution in [-0.4, -0.2) is 79.6 Å². The molecule has 9 heteroatoms. The van der Waals surface area contributed by atoms with E-state index in [1.807, 2.05) is 31.2 Å². The third-order valence-electron chi connectivity index (χ3n) is 6.65. The maximum Gasteiger partial charge on any atom is 0.409 e. The summed E-state index contributed by atoms with van der Waals surface area (Å²) in [6, 6.07) is 7.34. The Morgan fingerprint density at radius 2 is 1.88 bits per heavy atom. The SMILES string of the molecule is CCOC(=O)N1CCC(NC(=O)C[C@@]2(c3ccccc3C)CC(=O)N(CCCOC)C2=O)CC1. The monoisotopic (exact) mass is 473 g/mol. The molecule has 4 amide bonds. The lowest BCUT2D eigenvalue weighted by Gasteiger charge is -2.33. The highest BCUT2D eigenvalue weighted by atomic mass is 16.6. The number of piperidine rings is 1. The number of nitrogens with zero attached hydrogens (tertiary/aromatic N) is 2. The van der Waals surface area contributed by atoms with E-state index in [1.165, 1.54) is 4.90 Å². The molecule has 2 saturated heterocycles. The minimum absolute atomic E-state index is 0.0294. The second-order valence-corrected chi connectivity index (χ2v) is 8.98. The van der Waals surface area contributed by atoms with Gasteiger partial charge in [-0.3, -0.25) is 19.3 Å². The van der Waals surface area contributed by atoms with Crippen LogP contribution in [0.25, 0.3) is 0 Å². The first-order valence-electron chi connectivity index (χ1n) is 11.9. The number of aryl methyl sites for hydroxylation is 1. The second-order valence-electron chi connectivity index (χ2n) is 8.98. The minimum Gasteiger partial charge on any atom is -0.450 e. The fraction of sp³-hybridized carbons (Fsp3) is 0.600. The van der Waals surface area contributed by atoms with Gasteiger partial charge in [0.15, 0.2) is 0 Å². The van der Waals surface area contributed by atoms with E-state index in [4.69, 9.17) is 9.47 Å². The average Bonchev–Trinajstić information content (AvgIpc) is 3.04. The van der Waals surface area contributed by atoms with Crippen molar-refractivity contribution in [3.05, 3.63) is 35.4 Å². The van der Waals surface area contributed by atoms with E-state index < -0.39 is 5.41 Å². The quantitative estimate of drug-likeness (QED) is 0.435. The fourth-order valence-corrected chi connectivity index (χ4v) is 4.92. The van der Waals surface area contributed by atoms with Crippen LogP contribution in [0.15, 0.2) is 24.3 Å². The van der Waals surface area contributed by atoms with E-state index in [1.54, 1.807) is 18.9 Å². The number of hydrogen-bond donors (Lipinski definition) is 1. The Bertz CT molecular complexity index is 912. The van der Waals surface area contributed by atoms with Crippen LogP contribution in [0.4, 0.5) is 4.79 Å². The van der Waals surface area contributed by atoms with Crippen molar-refractivity contribution < 1.29 is 28.7 Å². The standard InChI is InChI=1S/C25H35N3O6/c1-4-34-24(32)27-13-10-19(11-14-27)26-21(29)16-25(20-9-6-5-8-18(20)2)17-22(30)28(23(25)31)12-7-15-33-3/h5-6,8-9,19H,4,7,10-17H2,1-3H3,(H,26,29)/t25-/m0/s1. The zero-order valence-electron chi connectivity index (χ0n) is 20.3. The number of carbonyl (C=O) groups excluding carboxylic acids is 4. The van der Waals surface area contributed by atoms with Crippen molar-refractivity contribution in [1.29, 1.82) is 0 Å². The summed E-state index contributed by atoms with van der Waals surface area (Å²) in [4.78, 5) is 54.5. The summed E-state index contributed by atoms with van der Waals surface area (Å²) >= 11 is 0. The highest BCUT2D eigenvalue weighted by Gasteiger charge is 2.54. The molecule has 0 aromatic heterocycles. The molecule has 0 unspecified atom stereocenters. The molecule has 2 aliphatic rings. The van der Waals surface area contributed by atoms with Gasteiger partial charge >= 0.3 is 6.09 Å². The van der Waals surface area contributed by atoms with Crippen molar-refractivity contribution >= 4 is 23.8 Å². The molecule has 1 aromatic rings. The van der Waals surface area contributed by atoms with Crippen LogP contribution in [0, 0.1) is 6.92 Å². The number of likely N-dealkylation sites (tertiary alicyclic amines) is 2. The van der Waals surface area contributed by atoms with Crippen molar-refractivity contribution in [2.45, 2.75) is 57.4 Å². The van der Waals surface area contributed by atoms with Gasteiger partial charge in [-0.15, -0.1) is 0 Å². The predicted octanol–water partition coefficient (Wildman–Crippen LogP) is 2.16. The molecule has 2 heterocycles. The van der Waals surface area contributed by atoms with Crippen LogP contribution >= 0.6 is 0 Å². The van der Waals surface area contributed by atoms with Gasteiger partial charge < -0.3 is 19.7 Å². The van der Waals surface area contributed by atoms with Crippen LogP contribution in [-0.2, 0) is 29.3 Å². The largest absolute Gasteiger partial charge is 0.450 e. The van der Waals surface area contributed by atoms with E-state index >= 15 is 0 Å².